The Bertz CT molecular complexity index is 381. The monoisotopic (exact) mass is 506 g/mol. The number of rotatable bonds is 31. The summed E-state index contributed by atoms with van der Waals surface area (Å²) in [5.41, 5.74) is 0. The second-order valence-corrected chi connectivity index (χ2v) is 11.7. The highest BCUT2D eigenvalue weighted by atomic mass is 15.1. The summed E-state index contributed by atoms with van der Waals surface area (Å²) < 4.78 is 0. The summed E-state index contributed by atoms with van der Waals surface area (Å²) in [5.74, 6) is 0. The van der Waals surface area contributed by atoms with Crippen LogP contribution in [0.1, 0.15) is 194 Å². The van der Waals surface area contributed by atoms with E-state index in [-0.39, 0.29) is 0 Å². The minimum Gasteiger partial charge on any atom is -0.300 e. The molecule has 1 nitrogen and oxygen atoms in total. The predicted octanol–water partition coefficient (Wildman–Crippen LogP) is 12.4. The fourth-order valence-electron chi connectivity index (χ4n) is 5.32. The maximum Gasteiger partial charge on any atom is 0.0163 e. The Morgan fingerprint density at radius 2 is 0.639 bits per heavy atom. The average molecular weight is 506 g/mol. The molecule has 0 aliphatic rings. The zero-order chi connectivity index (χ0) is 26.2. The molecule has 0 aromatic rings. The largest absolute Gasteiger partial charge is 0.300 e. The van der Waals surface area contributed by atoms with Crippen molar-refractivity contribution < 1.29 is 0 Å². The lowest BCUT2D eigenvalue weighted by atomic mass is 10.1. The molecule has 0 saturated heterocycles. The van der Waals surface area contributed by atoms with Gasteiger partial charge in [-0.1, -0.05) is 181 Å². The van der Waals surface area contributed by atoms with Crippen LogP contribution >= 0.6 is 0 Å². The third-order valence-corrected chi connectivity index (χ3v) is 7.91. The molecule has 0 atom stereocenters. The van der Waals surface area contributed by atoms with Gasteiger partial charge in [-0.3, -0.25) is 4.90 Å². The van der Waals surface area contributed by atoms with Gasteiger partial charge in [0.1, 0.15) is 0 Å². The number of allylic oxidation sites excluding steroid dienone is 1. The van der Waals surface area contributed by atoms with E-state index < -0.39 is 0 Å². The normalized spacial score (nSPS) is 11.9. The maximum absolute atomic E-state index is 2.75. The number of hydrogen-bond acceptors (Lipinski definition) is 1. The SMILES string of the molecule is CCCCCCCCCCCCC=CCN(CCCCCCCCCC)CCCCCCCCCC. The van der Waals surface area contributed by atoms with Gasteiger partial charge in [-0.2, -0.15) is 0 Å². The molecular formula is C35H71N. The summed E-state index contributed by atoms with van der Waals surface area (Å²) in [6.45, 7) is 10.7. The van der Waals surface area contributed by atoms with Crippen molar-refractivity contribution in [2.45, 2.75) is 194 Å². The first-order chi connectivity index (χ1) is 17.8. The molecule has 0 spiro atoms. The van der Waals surface area contributed by atoms with Gasteiger partial charge in [0.05, 0.1) is 0 Å². The Kier molecular flexibility index (Phi) is 32.5. The van der Waals surface area contributed by atoms with Gasteiger partial charge in [0, 0.05) is 6.54 Å². The van der Waals surface area contributed by atoms with Crippen molar-refractivity contribution in [2.24, 2.45) is 0 Å². The van der Waals surface area contributed by atoms with Crippen molar-refractivity contribution in [3.63, 3.8) is 0 Å². The van der Waals surface area contributed by atoms with E-state index in [9.17, 15) is 0 Å². The number of unbranched alkanes of at least 4 members (excludes halogenated alkanes) is 24. The molecule has 0 aromatic heterocycles. The summed E-state index contributed by atoms with van der Waals surface area (Å²) >= 11 is 0. The first kappa shape index (κ1) is 35.7. The van der Waals surface area contributed by atoms with Crippen molar-refractivity contribution in [1.29, 1.82) is 0 Å². The van der Waals surface area contributed by atoms with E-state index in [0.717, 1.165) is 0 Å². The molecule has 0 unspecified atom stereocenters. The maximum atomic E-state index is 2.75. The van der Waals surface area contributed by atoms with E-state index >= 15 is 0 Å². The lowest BCUT2D eigenvalue weighted by Gasteiger charge is -2.20. The molecule has 0 aliphatic heterocycles. The van der Waals surface area contributed by atoms with Crippen molar-refractivity contribution in [3.8, 4) is 0 Å². The standard InChI is InChI=1S/C35H71N/c1-4-7-10-13-16-19-20-21-22-23-26-29-32-35-36(33-30-27-24-17-14-11-8-5-2)34-31-28-25-18-15-12-9-6-3/h29,32H,4-28,30-31,33-35H2,1-3H3. The molecule has 1 heteroatoms. The van der Waals surface area contributed by atoms with Crippen LogP contribution in [0.15, 0.2) is 12.2 Å². The van der Waals surface area contributed by atoms with Gasteiger partial charge in [-0.05, 0) is 38.8 Å². The van der Waals surface area contributed by atoms with Gasteiger partial charge in [-0.25, -0.2) is 0 Å². The molecule has 216 valence electrons. The van der Waals surface area contributed by atoms with Crippen LogP contribution in [0.2, 0.25) is 0 Å². The number of nitrogens with zero attached hydrogens (tertiary/aromatic N) is 1. The lowest BCUT2D eigenvalue weighted by Crippen LogP contribution is -2.26. The quantitative estimate of drug-likeness (QED) is 0.0668. The molecule has 0 fully saturated rings. The van der Waals surface area contributed by atoms with Crippen LogP contribution in [0, 0.1) is 0 Å². The molecule has 0 amide bonds. The number of hydrogen-bond donors (Lipinski definition) is 0. The van der Waals surface area contributed by atoms with Crippen molar-refractivity contribution in [2.75, 3.05) is 19.6 Å². The van der Waals surface area contributed by atoms with Gasteiger partial charge in [0.2, 0.25) is 0 Å². The molecule has 36 heavy (non-hydrogen) atoms. The Morgan fingerprint density at radius 3 is 1.00 bits per heavy atom. The first-order valence-electron chi connectivity index (χ1n) is 17.2. The van der Waals surface area contributed by atoms with Crippen LogP contribution < -0.4 is 0 Å². The van der Waals surface area contributed by atoms with E-state index in [2.05, 4.69) is 37.8 Å². The summed E-state index contributed by atoms with van der Waals surface area (Å²) in [7, 11) is 0. The molecule has 0 N–H and O–H groups in total. The second kappa shape index (κ2) is 32.7. The van der Waals surface area contributed by atoms with Crippen molar-refractivity contribution >= 4 is 0 Å². The van der Waals surface area contributed by atoms with Crippen LogP contribution in [0.4, 0.5) is 0 Å². The van der Waals surface area contributed by atoms with Crippen molar-refractivity contribution in [1.82, 2.24) is 4.90 Å². The Hall–Kier alpha value is -0.300. The van der Waals surface area contributed by atoms with Gasteiger partial charge >= 0.3 is 0 Å². The van der Waals surface area contributed by atoms with E-state index in [1.807, 2.05) is 0 Å². The first-order valence-corrected chi connectivity index (χ1v) is 17.2. The van der Waals surface area contributed by atoms with Gasteiger partial charge < -0.3 is 0 Å². The summed E-state index contributed by atoms with van der Waals surface area (Å²) in [4.78, 5) is 2.75. The van der Waals surface area contributed by atoms with Crippen LogP contribution in [-0.4, -0.2) is 24.5 Å². The molecule has 0 rings (SSSR count). The molecule has 0 saturated carbocycles. The second-order valence-electron chi connectivity index (χ2n) is 11.7. The molecule has 0 heterocycles. The Balaban J connectivity index is 3.90. The topological polar surface area (TPSA) is 3.24 Å². The molecule has 0 radical (unpaired) electrons. The van der Waals surface area contributed by atoms with E-state index in [1.165, 1.54) is 193 Å². The molecular weight excluding hydrogens is 434 g/mol. The third-order valence-electron chi connectivity index (χ3n) is 7.91. The van der Waals surface area contributed by atoms with Gasteiger partial charge in [0.15, 0.2) is 0 Å². The summed E-state index contributed by atoms with van der Waals surface area (Å²) in [5, 5.41) is 0. The minimum atomic E-state index is 1.19. The zero-order valence-electron chi connectivity index (χ0n) is 25.8. The lowest BCUT2D eigenvalue weighted by molar-refractivity contribution is 0.285. The van der Waals surface area contributed by atoms with Crippen LogP contribution in [0.5, 0.6) is 0 Å². The fraction of sp³-hybridized carbons (Fsp3) is 0.943. The summed E-state index contributed by atoms with van der Waals surface area (Å²) in [6.07, 6.45) is 43.5. The highest BCUT2D eigenvalue weighted by Crippen LogP contribution is 2.13. The van der Waals surface area contributed by atoms with Crippen LogP contribution in [0.25, 0.3) is 0 Å². The van der Waals surface area contributed by atoms with Crippen molar-refractivity contribution in [3.05, 3.63) is 12.2 Å². The smallest absolute Gasteiger partial charge is 0.0163 e. The van der Waals surface area contributed by atoms with E-state index in [4.69, 9.17) is 0 Å². The highest BCUT2D eigenvalue weighted by Gasteiger charge is 2.03. The fourth-order valence-corrected chi connectivity index (χ4v) is 5.32. The minimum absolute atomic E-state index is 1.19. The van der Waals surface area contributed by atoms with Crippen LogP contribution in [0.3, 0.4) is 0 Å². The summed E-state index contributed by atoms with van der Waals surface area (Å²) in [6, 6.07) is 0. The van der Waals surface area contributed by atoms with Gasteiger partial charge in [-0.15, -0.1) is 0 Å². The Labute approximate surface area is 230 Å². The average Bonchev–Trinajstić information content (AvgIpc) is 2.89. The predicted molar refractivity (Wildman–Crippen MR) is 167 cm³/mol. The third kappa shape index (κ3) is 29.9. The zero-order valence-corrected chi connectivity index (χ0v) is 25.8. The molecule has 0 aromatic carbocycles. The molecule has 0 bridgehead atoms. The van der Waals surface area contributed by atoms with E-state index in [1.54, 1.807) is 0 Å². The Morgan fingerprint density at radius 1 is 0.333 bits per heavy atom. The van der Waals surface area contributed by atoms with Crippen LogP contribution in [-0.2, 0) is 0 Å². The molecule has 0 aliphatic carbocycles. The van der Waals surface area contributed by atoms with E-state index in [0.29, 0.717) is 0 Å². The highest BCUT2D eigenvalue weighted by molar-refractivity contribution is 4.85. The van der Waals surface area contributed by atoms with Gasteiger partial charge in [0.25, 0.3) is 0 Å².